The molecule has 0 saturated carbocycles. The second-order valence-electron chi connectivity index (χ2n) is 2.37. The van der Waals surface area contributed by atoms with Crippen LogP contribution in [0.4, 0.5) is 0 Å². The van der Waals surface area contributed by atoms with E-state index in [9.17, 15) is 0 Å². The Morgan fingerprint density at radius 2 is 2.38 bits per heavy atom. The van der Waals surface area contributed by atoms with E-state index in [4.69, 9.17) is 16.3 Å². The van der Waals surface area contributed by atoms with E-state index in [2.05, 4.69) is 9.97 Å². The van der Waals surface area contributed by atoms with Gasteiger partial charge in [0.15, 0.2) is 0 Å². The molecule has 0 radical (unpaired) electrons. The molecule has 13 heavy (non-hydrogen) atoms. The third-order valence-corrected chi connectivity index (χ3v) is 2.49. The van der Waals surface area contributed by atoms with Crippen LogP contribution in [0.25, 0.3) is 0 Å². The lowest BCUT2D eigenvalue weighted by Crippen LogP contribution is -1.91. The molecule has 0 spiro atoms. The smallest absolute Gasteiger partial charge is 0.148 e. The van der Waals surface area contributed by atoms with Gasteiger partial charge in [-0.25, -0.2) is 4.98 Å². The molecule has 0 fully saturated rings. The van der Waals surface area contributed by atoms with E-state index in [0.29, 0.717) is 5.15 Å². The van der Waals surface area contributed by atoms with E-state index < -0.39 is 0 Å². The molecule has 1 heterocycles. The fourth-order valence-corrected chi connectivity index (χ4v) is 1.74. The maximum absolute atomic E-state index is 5.67. The SMILES string of the molecule is COCCCSc1cncc(Cl)n1. The van der Waals surface area contributed by atoms with Crippen LogP contribution in [-0.2, 0) is 4.74 Å². The van der Waals surface area contributed by atoms with Gasteiger partial charge in [0.25, 0.3) is 0 Å². The summed E-state index contributed by atoms with van der Waals surface area (Å²) in [6.07, 6.45) is 4.25. The molecule has 3 nitrogen and oxygen atoms in total. The van der Waals surface area contributed by atoms with Crippen molar-refractivity contribution in [3.63, 3.8) is 0 Å². The van der Waals surface area contributed by atoms with Gasteiger partial charge in [0.05, 0.1) is 12.4 Å². The summed E-state index contributed by atoms with van der Waals surface area (Å²) in [6.45, 7) is 0.779. The van der Waals surface area contributed by atoms with Gasteiger partial charge >= 0.3 is 0 Å². The lowest BCUT2D eigenvalue weighted by Gasteiger charge is -1.99. The van der Waals surface area contributed by atoms with Crippen molar-refractivity contribution in [1.29, 1.82) is 0 Å². The molecule has 1 aromatic rings. The van der Waals surface area contributed by atoms with Crippen LogP contribution in [0.1, 0.15) is 6.42 Å². The van der Waals surface area contributed by atoms with E-state index in [0.717, 1.165) is 23.8 Å². The fourth-order valence-electron chi connectivity index (χ4n) is 0.775. The van der Waals surface area contributed by atoms with E-state index in [1.54, 1.807) is 25.1 Å². The monoisotopic (exact) mass is 218 g/mol. The predicted octanol–water partition coefficient (Wildman–Crippen LogP) is 2.26. The molecule has 5 heteroatoms. The van der Waals surface area contributed by atoms with Gasteiger partial charge in [-0.15, -0.1) is 11.8 Å². The average molecular weight is 219 g/mol. The predicted molar refractivity (Wildman–Crippen MR) is 54.3 cm³/mol. The van der Waals surface area contributed by atoms with Crippen molar-refractivity contribution in [2.45, 2.75) is 11.4 Å². The first kappa shape index (κ1) is 10.8. The maximum Gasteiger partial charge on any atom is 0.148 e. The van der Waals surface area contributed by atoms with Gasteiger partial charge in [-0.1, -0.05) is 11.6 Å². The summed E-state index contributed by atoms with van der Waals surface area (Å²) in [7, 11) is 1.70. The number of aromatic nitrogens is 2. The Kier molecular flexibility index (Phi) is 5.12. The standard InChI is InChI=1S/C8H11ClN2OS/c1-12-3-2-4-13-8-6-10-5-7(9)11-8/h5-6H,2-4H2,1H3. The highest BCUT2D eigenvalue weighted by molar-refractivity contribution is 7.99. The van der Waals surface area contributed by atoms with Crippen molar-refractivity contribution < 1.29 is 4.74 Å². The van der Waals surface area contributed by atoms with Crippen molar-refractivity contribution in [1.82, 2.24) is 9.97 Å². The molecule has 0 unspecified atom stereocenters. The zero-order valence-corrected chi connectivity index (χ0v) is 8.94. The average Bonchev–Trinajstić information content (AvgIpc) is 2.13. The molecule has 0 bridgehead atoms. The third-order valence-electron chi connectivity index (χ3n) is 1.33. The number of halogens is 1. The van der Waals surface area contributed by atoms with Crippen LogP contribution in [0.15, 0.2) is 17.4 Å². The third kappa shape index (κ3) is 4.45. The van der Waals surface area contributed by atoms with Crippen LogP contribution in [0.2, 0.25) is 5.15 Å². The quantitative estimate of drug-likeness (QED) is 0.561. The number of ether oxygens (including phenoxy) is 1. The zero-order chi connectivity index (χ0) is 9.52. The molecule has 0 aromatic carbocycles. The molecule has 72 valence electrons. The number of nitrogens with zero attached hydrogens (tertiary/aromatic N) is 2. The number of hydrogen-bond donors (Lipinski definition) is 0. The first-order chi connectivity index (χ1) is 6.33. The molecule has 0 atom stereocenters. The number of methoxy groups -OCH3 is 1. The molecular formula is C8H11ClN2OS. The molecule has 0 aliphatic carbocycles. The van der Waals surface area contributed by atoms with Crippen molar-refractivity contribution in [2.75, 3.05) is 19.5 Å². The largest absolute Gasteiger partial charge is 0.385 e. The second kappa shape index (κ2) is 6.18. The summed E-state index contributed by atoms with van der Waals surface area (Å²) < 4.78 is 4.93. The number of thioether (sulfide) groups is 1. The Hall–Kier alpha value is -0.320. The minimum absolute atomic E-state index is 0.441. The van der Waals surface area contributed by atoms with Gasteiger partial charge in [-0.3, -0.25) is 4.98 Å². The first-order valence-corrected chi connectivity index (χ1v) is 5.28. The maximum atomic E-state index is 5.67. The van der Waals surface area contributed by atoms with Gasteiger partial charge in [0, 0.05) is 19.5 Å². The molecular weight excluding hydrogens is 208 g/mol. The topological polar surface area (TPSA) is 35.0 Å². The lowest BCUT2D eigenvalue weighted by molar-refractivity contribution is 0.200. The molecule has 0 saturated heterocycles. The fraction of sp³-hybridized carbons (Fsp3) is 0.500. The van der Waals surface area contributed by atoms with E-state index in [1.807, 2.05) is 0 Å². The molecule has 0 amide bonds. The highest BCUT2D eigenvalue weighted by Gasteiger charge is 1.96. The summed E-state index contributed by atoms with van der Waals surface area (Å²) in [6, 6.07) is 0. The molecule has 0 N–H and O–H groups in total. The van der Waals surface area contributed by atoms with E-state index in [1.165, 1.54) is 6.20 Å². The summed E-state index contributed by atoms with van der Waals surface area (Å²) >= 11 is 7.31. The normalized spacial score (nSPS) is 10.3. The van der Waals surface area contributed by atoms with E-state index in [-0.39, 0.29) is 0 Å². The molecule has 0 aliphatic rings. The van der Waals surface area contributed by atoms with Crippen LogP contribution >= 0.6 is 23.4 Å². The first-order valence-electron chi connectivity index (χ1n) is 3.92. The minimum atomic E-state index is 0.441. The van der Waals surface area contributed by atoms with Gasteiger partial charge < -0.3 is 4.74 Å². The van der Waals surface area contributed by atoms with Gasteiger partial charge in [0.2, 0.25) is 0 Å². The molecule has 1 aromatic heterocycles. The van der Waals surface area contributed by atoms with Crippen LogP contribution in [0, 0.1) is 0 Å². The summed E-state index contributed by atoms with van der Waals surface area (Å²) in [5.74, 6) is 0.975. The van der Waals surface area contributed by atoms with Crippen molar-refractivity contribution in [3.8, 4) is 0 Å². The number of rotatable bonds is 5. The molecule has 1 rings (SSSR count). The van der Waals surface area contributed by atoms with Crippen LogP contribution in [0.5, 0.6) is 0 Å². The molecule has 0 aliphatic heterocycles. The highest BCUT2D eigenvalue weighted by atomic mass is 35.5. The van der Waals surface area contributed by atoms with E-state index >= 15 is 0 Å². The Labute approximate surface area is 86.9 Å². The summed E-state index contributed by atoms with van der Waals surface area (Å²) in [5.41, 5.74) is 0. The van der Waals surface area contributed by atoms with Crippen molar-refractivity contribution in [2.24, 2.45) is 0 Å². The zero-order valence-electron chi connectivity index (χ0n) is 7.36. The Balaban J connectivity index is 2.28. The Bertz CT molecular complexity index is 260. The van der Waals surface area contributed by atoms with Crippen LogP contribution in [0.3, 0.4) is 0 Å². The second-order valence-corrected chi connectivity index (χ2v) is 3.88. The lowest BCUT2D eigenvalue weighted by atomic mass is 10.5. The number of hydrogen-bond acceptors (Lipinski definition) is 4. The van der Waals surface area contributed by atoms with Gasteiger partial charge in [-0.2, -0.15) is 0 Å². The Morgan fingerprint density at radius 1 is 1.54 bits per heavy atom. The van der Waals surface area contributed by atoms with Crippen molar-refractivity contribution in [3.05, 3.63) is 17.5 Å². The van der Waals surface area contributed by atoms with Crippen LogP contribution < -0.4 is 0 Å². The minimum Gasteiger partial charge on any atom is -0.385 e. The van der Waals surface area contributed by atoms with Gasteiger partial charge in [0.1, 0.15) is 10.2 Å². The highest BCUT2D eigenvalue weighted by Crippen LogP contribution is 2.16. The van der Waals surface area contributed by atoms with Crippen LogP contribution in [-0.4, -0.2) is 29.4 Å². The summed E-state index contributed by atoms with van der Waals surface area (Å²) in [4.78, 5) is 8.03. The Morgan fingerprint density at radius 3 is 3.08 bits per heavy atom. The van der Waals surface area contributed by atoms with Gasteiger partial charge in [-0.05, 0) is 6.42 Å². The van der Waals surface area contributed by atoms with Crippen molar-refractivity contribution >= 4 is 23.4 Å². The summed E-state index contributed by atoms with van der Waals surface area (Å²) in [5, 5.41) is 1.31.